The molecule has 1 aromatic carbocycles. The quantitative estimate of drug-likeness (QED) is 0.893. The molecule has 2 rings (SSSR count). The standard InChI is InChI=1S/C14H20N2O2/c1-10-3-4-13(11(2)9-10)16-8-6-12(5-7-15)18-14(16)17/h3-4,9,12H,5-8,15H2,1-2H3. The van der Waals surface area contributed by atoms with Gasteiger partial charge in [0.25, 0.3) is 0 Å². The van der Waals surface area contributed by atoms with Gasteiger partial charge in [-0.2, -0.15) is 0 Å². The predicted octanol–water partition coefficient (Wildman–Crippen LogP) is 2.37. The molecule has 1 unspecified atom stereocenters. The number of benzene rings is 1. The molecule has 4 nitrogen and oxygen atoms in total. The molecule has 1 atom stereocenters. The molecule has 1 heterocycles. The first-order valence-electron chi connectivity index (χ1n) is 6.37. The molecule has 2 N–H and O–H groups in total. The van der Waals surface area contributed by atoms with Crippen LogP contribution in [0.25, 0.3) is 0 Å². The fraction of sp³-hybridized carbons (Fsp3) is 0.500. The van der Waals surface area contributed by atoms with Crippen LogP contribution in [0, 0.1) is 13.8 Å². The largest absolute Gasteiger partial charge is 0.446 e. The Morgan fingerprint density at radius 1 is 1.44 bits per heavy atom. The van der Waals surface area contributed by atoms with Gasteiger partial charge in [-0.05, 0) is 38.4 Å². The second-order valence-corrected chi connectivity index (χ2v) is 4.81. The molecule has 4 heteroatoms. The summed E-state index contributed by atoms with van der Waals surface area (Å²) in [6.07, 6.45) is 1.30. The van der Waals surface area contributed by atoms with E-state index in [4.69, 9.17) is 10.5 Å². The van der Waals surface area contributed by atoms with Gasteiger partial charge in [0.2, 0.25) is 0 Å². The molecule has 0 aromatic heterocycles. The zero-order valence-corrected chi connectivity index (χ0v) is 11.0. The van der Waals surface area contributed by atoms with E-state index in [1.165, 1.54) is 5.56 Å². The van der Waals surface area contributed by atoms with Crippen LogP contribution >= 0.6 is 0 Å². The van der Waals surface area contributed by atoms with Crippen molar-refractivity contribution in [3.63, 3.8) is 0 Å². The van der Waals surface area contributed by atoms with Crippen molar-refractivity contribution >= 4 is 11.8 Å². The Hall–Kier alpha value is -1.55. The van der Waals surface area contributed by atoms with Crippen LogP contribution in [0.1, 0.15) is 24.0 Å². The molecule has 0 saturated carbocycles. The average Bonchev–Trinajstić information content (AvgIpc) is 2.31. The third-order valence-corrected chi connectivity index (χ3v) is 3.29. The molecule has 1 aromatic rings. The Labute approximate surface area is 108 Å². The number of aryl methyl sites for hydroxylation is 2. The molecule has 0 radical (unpaired) electrons. The number of anilines is 1. The lowest BCUT2D eigenvalue weighted by Crippen LogP contribution is -2.43. The van der Waals surface area contributed by atoms with Crippen LogP contribution in [0.15, 0.2) is 18.2 Å². The van der Waals surface area contributed by atoms with Crippen molar-refractivity contribution in [2.75, 3.05) is 18.0 Å². The van der Waals surface area contributed by atoms with Gasteiger partial charge in [0.1, 0.15) is 6.10 Å². The Morgan fingerprint density at radius 3 is 2.83 bits per heavy atom. The van der Waals surface area contributed by atoms with Gasteiger partial charge < -0.3 is 10.5 Å². The van der Waals surface area contributed by atoms with Gasteiger partial charge in [-0.25, -0.2) is 4.79 Å². The zero-order chi connectivity index (χ0) is 13.1. The SMILES string of the molecule is Cc1ccc(N2CCC(CCN)OC2=O)c(C)c1. The second kappa shape index (κ2) is 5.40. The maximum absolute atomic E-state index is 12.0. The molecule has 0 aliphatic carbocycles. The van der Waals surface area contributed by atoms with E-state index in [1.807, 2.05) is 26.0 Å². The number of rotatable bonds is 3. The first-order valence-corrected chi connectivity index (χ1v) is 6.37. The molecule has 1 aliphatic rings. The summed E-state index contributed by atoms with van der Waals surface area (Å²) < 4.78 is 5.39. The van der Waals surface area contributed by atoms with Crippen molar-refractivity contribution < 1.29 is 9.53 Å². The van der Waals surface area contributed by atoms with Crippen molar-refractivity contribution in [1.82, 2.24) is 0 Å². The summed E-state index contributed by atoms with van der Waals surface area (Å²) in [5.74, 6) is 0. The van der Waals surface area contributed by atoms with Crippen molar-refractivity contribution in [2.45, 2.75) is 32.8 Å². The van der Waals surface area contributed by atoms with Crippen molar-refractivity contribution in [1.29, 1.82) is 0 Å². The molecule has 1 fully saturated rings. The first-order chi connectivity index (χ1) is 8.61. The van der Waals surface area contributed by atoms with E-state index < -0.39 is 0 Å². The number of hydrogen-bond donors (Lipinski definition) is 1. The molecule has 1 aliphatic heterocycles. The molecule has 0 spiro atoms. The van der Waals surface area contributed by atoms with Gasteiger partial charge in [0.05, 0.1) is 0 Å². The highest BCUT2D eigenvalue weighted by Gasteiger charge is 2.28. The number of amides is 1. The normalized spacial score (nSPS) is 19.8. The molecule has 1 amide bonds. The van der Waals surface area contributed by atoms with Crippen LogP contribution in [-0.2, 0) is 4.74 Å². The van der Waals surface area contributed by atoms with Gasteiger partial charge in [-0.1, -0.05) is 17.7 Å². The predicted molar refractivity (Wildman–Crippen MR) is 71.8 cm³/mol. The Bertz CT molecular complexity index is 445. The fourth-order valence-electron chi connectivity index (χ4n) is 2.35. The van der Waals surface area contributed by atoms with Crippen LogP contribution in [-0.4, -0.2) is 25.3 Å². The van der Waals surface area contributed by atoms with E-state index in [0.717, 1.165) is 24.1 Å². The van der Waals surface area contributed by atoms with Crippen LogP contribution in [0.3, 0.4) is 0 Å². The highest BCUT2D eigenvalue weighted by atomic mass is 16.6. The van der Waals surface area contributed by atoms with Gasteiger partial charge >= 0.3 is 6.09 Å². The van der Waals surface area contributed by atoms with Gasteiger partial charge in [-0.3, -0.25) is 4.90 Å². The minimum Gasteiger partial charge on any atom is -0.446 e. The van der Waals surface area contributed by atoms with E-state index in [9.17, 15) is 4.79 Å². The van der Waals surface area contributed by atoms with Crippen LogP contribution in [0.5, 0.6) is 0 Å². The van der Waals surface area contributed by atoms with Crippen LogP contribution < -0.4 is 10.6 Å². The Kier molecular flexibility index (Phi) is 3.87. The summed E-state index contributed by atoms with van der Waals surface area (Å²) in [6.45, 7) is 5.32. The first kappa shape index (κ1) is 12.9. The van der Waals surface area contributed by atoms with Crippen molar-refractivity contribution in [2.24, 2.45) is 5.73 Å². The number of cyclic esters (lactones) is 1. The lowest BCUT2D eigenvalue weighted by molar-refractivity contribution is 0.0806. The number of carbonyl (C=O) groups excluding carboxylic acids is 1. The van der Waals surface area contributed by atoms with E-state index in [1.54, 1.807) is 4.90 Å². The number of carbonyl (C=O) groups is 1. The summed E-state index contributed by atoms with van der Waals surface area (Å²) in [7, 11) is 0. The third kappa shape index (κ3) is 2.64. The molecule has 98 valence electrons. The zero-order valence-electron chi connectivity index (χ0n) is 11.0. The van der Waals surface area contributed by atoms with E-state index >= 15 is 0 Å². The Morgan fingerprint density at radius 2 is 2.22 bits per heavy atom. The fourth-order valence-corrected chi connectivity index (χ4v) is 2.35. The smallest absolute Gasteiger partial charge is 0.414 e. The number of ether oxygens (including phenoxy) is 1. The minimum absolute atomic E-state index is 0.0236. The highest BCUT2D eigenvalue weighted by molar-refractivity contribution is 5.89. The van der Waals surface area contributed by atoms with Crippen molar-refractivity contribution in [3.05, 3.63) is 29.3 Å². The maximum Gasteiger partial charge on any atom is 0.414 e. The lowest BCUT2D eigenvalue weighted by Gasteiger charge is -2.32. The average molecular weight is 248 g/mol. The number of hydrogen-bond acceptors (Lipinski definition) is 3. The monoisotopic (exact) mass is 248 g/mol. The van der Waals surface area contributed by atoms with Gasteiger partial charge in [0, 0.05) is 18.7 Å². The summed E-state index contributed by atoms with van der Waals surface area (Å²) in [4.78, 5) is 13.7. The number of nitrogens with two attached hydrogens (primary N) is 1. The molecule has 0 bridgehead atoms. The summed E-state index contributed by atoms with van der Waals surface area (Å²) >= 11 is 0. The highest BCUT2D eigenvalue weighted by Crippen LogP contribution is 2.26. The minimum atomic E-state index is -0.258. The van der Waals surface area contributed by atoms with E-state index in [-0.39, 0.29) is 12.2 Å². The third-order valence-electron chi connectivity index (χ3n) is 3.29. The summed E-state index contributed by atoms with van der Waals surface area (Å²) in [6, 6.07) is 6.07. The molecular weight excluding hydrogens is 228 g/mol. The summed E-state index contributed by atoms with van der Waals surface area (Å²) in [5, 5.41) is 0. The molecule has 18 heavy (non-hydrogen) atoms. The van der Waals surface area contributed by atoms with Gasteiger partial charge in [-0.15, -0.1) is 0 Å². The molecular formula is C14H20N2O2. The topological polar surface area (TPSA) is 55.6 Å². The molecule has 1 saturated heterocycles. The van der Waals surface area contributed by atoms with Crippen molar-refractivity contribution in [3.8, 4) is 0 Å². The van der Waals surface area contributed by atoms with E-state index in [0.29, 0.717) is 13.1 Å². The summed E-state index contributed by atoms with van der Waals surface area (Å²) in [5.41, 5.74) is 8.73. The lowest BCUT2D eigenvalue weighted by atomic mass is 10.1. The second-order valence-electron chi connectivity index (χ2n) is 4.81. The van der Waals surface area contributed by atoms with Gasteiger partial charge in [0.15, 0.2) is 0 Å². The van der Waals surface area contributed by atoms with Crippen LogP contribution in [0.4, 0.5) is 10.5 Å². The van der Waals surface area contributed by atoms with E-state index in [2.05, 4.69) is 6.07 Å². The number of nitrogens with zero attached hydrogens (tertiary/aromatic N) is 1. The Balaban J connectivity index is 2.13. The van der Waals surface area contributed by atoms with Crippen LogP contribution in [0.2, 0.25) is 0 Å². The maximum atomic E-state index is 12.0.